The molecule has 7 nitrogen and oxygen atoms in total. The number of amides is 1. The van der Waals surface area contributed by atoms with E-state index in [1.54, 1.807) is 6.07 Å². The van der Waals surface area contributed by atoms with Gasteiger partial charge in [0.25, 0.3) is 0 Å². The predicted molar refractivity (Wildman–Crippen MR) is 86.7 cm³/mol. The molecule has 0 bridgehead atoms. The van der Waals surface area contributed by atoms with Crippen molar-refractivity contribution in [2.45, 2.75) is 6.61 Å². The van der Waals surface area contributed by atoms with Crippen LogP contribution < -0.4 is 5.32 Å². The second kappa shape index (κ2) is 6.74. The average molecular weight is 323 g/mol. The first-order valence-electron chi connectivity index (χ1n) is 7.10. The zero-order valence-electron chi connectivity index (χ0n) is 12.5. The minimum absolute atomic E-state index is 0.0858. The molecule has 0 radical (unpaired) electrons. The number of fused-ring (bicyclic) bond motifs is 1. The number of benzene rings is 2. The summed E-state index contributed by atoms with van der Waals surface area (Å²) >= 11 is 0. The minimum Gasteiger partial charge on any atom is -0.478 e. The summed E-state index contributed by atoms with van der Waals surface area (Å²) in [5.41, 5.74) is 1.44. The third kappa shape index (κ3) is 3.30. The van der Waals surface area contributed by atoms with Gasteiger partial charge in [0, 0.05) is 12.4 Å². The maximum Gasteiger partial charge on any atom is 0.411 e. The zero-order valence-corrected chi connectivity index (χ0v) is 12.5. The second-order valence-electron chi connectivity index (χ2n) is 4.90. The molecule has 120 valence electrons. The van der Waals surface area contributed by atoms with Gasteiger partial charge in [-0.3, -0.25) is 15.3 Å². The lowest BCUT2D eigenvalue weighted by molar-refractivity contribution is 0.0700. The van der Waals surface area contributed by atoms with Gasteiger partial charge in [-0.25, -0.2) is 9.59 Å². The molecule has 0 saturated carbocycles. The van der Waals surface area contributed by atoms with Gasteiger partial charge >= 0.3 is 12.1 Å². The van der Waals surface area contributed by atoms with Crippen LogP contribution in [0.1, 0.15) is 15.9 Å². The molecule has 0 aliphatic rings. The maximum atomic E-state index is 11.9. The van der Waals surface area contributed by atoms with Crippen molar-refractivity contribution in [3.05, 3.63) is 66.0 Å². The first-order chi connectivity index (χ1) is 11.6. The van der Waals surface area contributed by atoms with Crippen molar-refractivity contribution in [1.82, 2.24) is 9.97 Å². The van der Waals surface area contributed by atoms with Crippen LogP contribution in [0.5, 0.6) is 0 Å². The summed E-state index contributed by atoms with van der Waals surface area (Å²) in [5, 5.41) is 11.9. The second-order valence-corrected chi connectivity index (χ2v) is 4.90. The molecule has 1 amide bonds. The summed E-state index contributed by atoms with van der Waals surface area (Å²) in [6.45, 7) is 0.0858. The molecular formula is C17H13N3O4. The van der Waals surface area contributed by atoms with Gasteiger partial charge in [0.1, 0.15) is 17.7 Å². The van der Waals surface area contributed by atoms with E-state index in [0.29, 0.717) is 5.52 Å². The fourth-order valence-electron chi connectivity index (χ4n) is 2.23. The van der Waals surface area contributed by atoms with Gasteiger partial charge < -0.3 is 9.84 Å². The molecule has 2 N–H and O–H groups in total. The molecule has 24 heavy (non-hydrogen) atoms. The lowest BCUT2D eigenvalue weighted by atomic mass is 10.1. The quantitative estimate of drug-likeness (QED) is 0.765. The fourth-order valence-corrected chi connectivity index (χ4v) is 2.23. The van der Waals surface area contributed by atoms with Crippen LogP contribution in [0.3, 0.4) is 0 Å². The molecule has 0 fully saturated rings. The topological polar surface area (TPSA) is 101 Å². The number of carbonyl (C=O) groups excluding carboxylic acids is 1. The molecule has 0 atom stereocenters. The van der Waals surface area contributed by atoms with Crippen LogP contribution in [-0.4, -0.2) is 27.1 Å². The van der Waals surface area contributed by atoms with E-state index in [0.717, 1.165) is 5.56 Å². The number of aromatic nitrogens is 2. The molecule has 0 spiro atoms. The Balaban J connectivity index is 1.80. The fraction of sp³-hybridized carbons (Fsp3) is 0.0588. The lowest BCUT2D eigenvalue weighted by Gasteiger charge is -2.10. The van der Waals surface area contributed by atoms with Crippen LogP contribution >= 0.6 is 0 Å². The molecule has 1 heterocycles. The standard InChI is InChI=1S/C17H13N3O4/c21-16(22)14-12(6-7-13-15(14)19-9-8-18-13)20-17(23)24-10-11-4-2-1-3-5-11/h1-9H,10H2,(H,20,23)(H,21,22). The van der Waals surface area contributed by atoms with Crippen LogP contribution in [0.15, 0.2) is 54.9 Å². The molecule has 0 aliphatic carbocycles. The van der Waals surface area contributed by atoms with E-state index in [1.807, 2.05) is 30.3 Å². The number of nitrogens with one attached hydrogen (secondary N) is 1. The maximum absolute atomic E-state index is 11.9. The highest BCUT2D eigenvalue weighted by Gasteiger charge is 2.18. The Labute approximate surface area is 136 Å². The number of nitrogens with zero attached hydrogens (tertiary/aromatic N) is 2. The number of rotatable bonds is 4. The number of carboxylic acid groups (broad SMARTS) is 1. The highest BCUT2D eigenvalue weighted by Crippen LogP contribution is 2.23. The molecule has 0 saturated heterocycles. The van der Waals surface area contributed by atoms with E-state index in [4.69, 9.17) is 4.74 Å². The normalized spacial score (nSPS) is 10.3. The SMILES string of the molecule is O=C(Nc1ccc2nccnc2c1C(=O)O)OCc1ccccc1. The highest BCUT2D eigenvalue weighted by molar-refractivity contribution is 6.08. The summed E-state index contributed by atoms with van der Waals surface area (Å²) in [4.78, 5) is 31.6. The smallest absolute Gasteiger partial charge is 0.411 e. The predicted octanol–water partition coefficient (Wildman–Crippen LogP) is 3.08. The number of carboxylic acids is 1. The Morgan fingerprint density at radius 2 is 1.79 bits per heavy atom. The van der Waals surface area contributed by atoms with Gasteiger partial charge in [-0.15, -0.1) is 0 Å². The highest BCUT2D eigenvalue weighted by atomic mass is 16.5. The van der Waals surface area contributed by atoms with Gasteiger partial charge in [-0.1, -0.05) is 30.3 Å². The van der Waals surface area contributed by atoms with Crippen molar-refractivity contribution in [3.63, 3.8) is 0 Å². The molecule has 3 aromatic rings. The Kier molecular flexibility index (Phi) is 4.33. The monoisotopic (exact) mass is 323 g/mol. The third-order valence-electron chi connectivity index (χ3n) is 3.30. The number of ether oxygens (including phenoxy) is 1. The molecule has 1 aromatic heterocycles. The summed E-state index contributed by atoms with van der Waals surface area (Å²) in [7, 11) is 0. The van der Waals surface area contributed by atoms with Gasteiger partial charge in [-0.2, -0.15) is 0 Å². The minimum atomic E-state index is -1.21. The van der Waals surface area contributed by atoms with Crippen molar-refractivity contribution in [2.24, 2.45) is 0 Å². The molecular weight excluding hydrogens is 310 g/mol. The number of aromatic carboxylic acids is 1. The first-order valence-corrected chi connectivity index (χ1v) is 7.10. The van der Waals surface area contributed by atoms with E-state index in [-0.39, 0.29) is 23.4 Å². The van der Waals surface area contributed by atoms with Gasteiger partial charge in [0.2, 0.25) is 0 Å². The van der Waals surface area contributed by atoms with Crippen molar-refractivity contribution in [3.8, 4) is 0 Å². The van der Waals surface area contributed by atoms with E-state index >= 15 is 0 Å². The molecule has 7 heteroatoms. The lowest BCUT2D eigenvalue weighted by Crippen LogP contribution is -2.16. The van der Waals surface area contributed by atoms with Crippen molar-refractivity contribution in [1.29, 1.82) is 0 Å². The van der Waals surface area contributed by atoms with Crippen LogP contribution in [0.4, 0.5) is 10.5 Å². The van der Waals surface area contributed by atoms with Gasteiger partial charge in [-0.05, 0) is 17.7 Å². The van der Waals surface area contributed by atoms with Gasteiger partial charge in [0.05, 0.1) is 11.2 Å². The summed E-state index contributed by atoms with van der Waals surface area (Å²) in [5.74, 6) is -1.21. The van der Waals surface area contributed by atoms with E-state index < -0.39 is 12.1 Å². The Hall–Kier alpha value is -3.48. The summed E-state index contributed by atoms with van der Waals surface area (Å²) < 4.78 is 5.10. The molecule has 3 rings (SSSR count). The van der Waals surface area contributed by atoms with E-state index in [1.165, 1.54) is 18.5 Å². The van der Waals surface area contributed by atoms with Crippen molar-refractivity contribution >= 4 is 28.8 Å². The third-order valence-corrected chi connectivity index (χ3v) is 3.30. The molecule has 0 aliphatic heterocycles. The Bertz CT molecular complexity index is 897. The number of hydrogen-bond donors (Lipinski definition) is 2. The average Bonchev–Trinajstić information content (AvgIpc) is 2.60. The van der Waals surface area contributed by atoms with Gasteiger partial charge in [0.15, 0.2) is 0 Å². The van der Waals surface area contributed by atoms with Crippen LogP contribution in [0, 0.1) is 0 Å². The van der Waals surface area contributed by atoms with Crippen molar-refractivity contribution in [2.75, 3.05) is 5.32 Å². The first kappa shape index (κ1) is 15.4. The number of hydrogen-bond acceptors (Lipinski definition) is 5. The number of anilines is 1. The van der Waals surface area contributed by atoms with Crippen LogP contribution in [0.25, 0.3) is 11.0 Å². The Morgan fingerprint density at radius 1 is 1.04 bits per heavy atom. The van der Waals surface area contributed by atoms with Crippen LogP contribution in [-0.2, 0) is 11.3 Å². The number of carbonyl (C=O) groups is 2. The zero-order chi connectivity index (χ0) is 16.9. The molecule has 0 unspecified atom stereocenters. The summed E-state index contributed by atoms with van der Waals surface area (Å²) in [6.07, 6.45) is 2.12. The van der Waals surface area contributed by atoms with Crippen LogP contribution in [0.2, 0.25) is 0 Å². The summed E-state index contributed by atoms with van der Waals surface area (Å²) in [6, 6.07) is 12.2. The van der Waals surface area contributed by atoms with E-state index in [9.17, 15) is 14.7 Å². The largest absolute Gasteiger partial charge is 0.478 e. The molecule has 2 aromatic carbocycles. The van der Waals surface area contributed by atoms with E-state index in [2.05, 4.69) is 15.3 Å². The Morgan fingerprint density at radius 3 is 2.54 bits per heavy atom. The van der Waals surface area contributed by atoms with Crippen molar-refractivity contribution < 1.29 is 19.4 Å².